The summed E-state index contributed by atoms with van der Waals surface area (Å²) < 4.78 is 21.3. The van der Waals surface area contributed by atoms with Crippen molar-refractivity contribution in [3.63, 3.8) is 0 Å². The monoisotopic (exact) mass is 416 g/mol. The van der Waals surface area contributed by atoms with Crippen LogP contribution < -0.4 is 19.5 Å². The van der Waals surface area contributed by atoms with Crippen LogP contribution >= 0.6 is 11.6 Å². The fraction of sp³-hybridized carbons (Fsp3) is 0.238. The Morgan fingerprint density at radius 1 is 1.14 bits per heavy atom. The van der Waals surface area contributed by atoms with Gasteiger partial charge in [-0.3, -0.25) is 4.79 Å². The summed E-state index contributed by atoms with van der Waals surface area (Å²) in [5.41, 5.74) is 1.08. The number of benzene rings is 2. The summed E-state index contributed by atoms with van der Waals surface area (Å²) in [7, 11) is 3.12. The fourth-order valence-electron chi connectivity index (χ4n) is 2.66. The topological polar surface area (TPSA) is 82.8 Å². The van der Waals surface area contributed by atoms with Crippen molar-refractivity contribution in [2.75, 3.05) is 14.2 Å². The number of carbonyl (C=O) groups is 1. The smallest absolute Gasteiger partial charge is 0.273 e. The van der Waals surface area contributed by atoms with Crippen molar-refractivity contribution in [2.45, 2.75) is 19.6 Å². The first-order valence-corrected chi connectivity index (χ1v) is 9.24. The molecule has 3 rings (SSSR count). The van der Waals surface area contributed by atoms with Crippen molar-refractivity contribution >= 4 is 17.5 Å². The third kappa shape index (κ3) is 5.20. The predicted molar refractivity (Wildman–Crippen MR) is 108 cm³/mol. The number of ether oxygens (including phenoxy) is 3. The fourth-order valence-corrected chi connectivity index (χ4v) is 2.82. The second kappa shape index (κ2) is 9.34. The van der Waals surface area contributed by atoms with Crippen molar-refractivity contribution in [3.05, 3.63) is 70.6 Å². The van der Waals surface area contributed by atoms with Gasteiger partial charge in [-0.1, -0.05) is 28.9 Å². The summed E-state index contributed by atoms with van der Waals surface area (Å²) in [5, 5.41) is 7.24. The average Bonchev–Trinajstić information content (AvgIpc) is 3.22. The number of amides is 1. The van der Waals surface area contributed by atoms with E-state index in [4.69, 9.17) is 30.3 Å². The number of carbonyl (C=O) groups excluding carboxylic acids is 1. The van der Waals surface area contributed by atoms with Crippen LogP contribution in [0.2, 0.25) is 5.02 Å². The molecule has 7 nitrogen and oxygen atoms in total. The molecule has 0 saturated heterocycles. The van der Waals surface area contributed by atoms with E-state index in [1.807, 2.05) is 31.2 Å². The number of methoxy groups -OCH3 is 2. The lowest BCUT2D eigenvalue weighted by Crippen LogP contribution is -2.26. The van der Waals surface area contributed by atoms with Gasteiger partial charge in [0.1, 0.15) is 12.4 Å². The first-order valence-electron chi connectivity index (χ1n) is 8.87. The van der Waals surface area contributed by atoms with E-state index in [1.165, 1.54) is 13.2 Å². The van der Waals surface area contributed by atoms with Crippen molar-refractivity contribution < 1.29 is 23.5 Å². The van der Waals surface area contributed by atoms with Gasteiger partial charge >= 0.3 is 0 Å². The number of nitrogens with zero attached hydrogens (tertiary/aromatic N) is 1. The van der Waals surface area contributed by atoms with Gasteiger partial charge in [0.2, 0.25) is 0 Å². The van der Waals surface area contributed by atoms with Gasteiger partial charge in [-0.05, 0) is 36.8 Å². The summed E-state index contributed by atoms with van der Waals surface area (Å²) in [6, 6.07) is 13.8. The number of nitrogens with one attached hydrogen (secondary N) is 1. The van der Waals surface area contributed by atoms with Crippen molar-refractivity contribution in [2.24, 2.45) is 0 Å². The SMILES string of the molecule is COc1cccc([C@@H](C)NC(=O)c2cc(COc3ccc(Cl)cc3OC)on2)c1. The molecule has 29 heavy (non-hydrogen) atoms. The van der Waals surface area contributed by atoms with E-state index in [0.717, 1.165) is 11.3 Å². The molecule has 1 N–H and O–H groups in total. The number of halogens is 1. The molecule has 0 bridgehead atoms. The number of hydrogen-bond acceptors (Lipinski definition) is 6. The predicted octanol–water partition coefficient (Wildman–Crippen LogP) is 4.42. The summed E-state index contributed by atoms with van der Waals surface area (Å²) in [6.45, 7) is 1.97. The Bertz CT molecular complexity index is 989. The van der Waals surface area contributed by atoms with Gasteiger partial charge in [-0.2, -0.15) is 0 Å². The number of rotatable bonds is 8. The van der Waals surface area contributed by atoms with Gasteiger partial charge in [0, 0.05) is 17.2 Å². The Morgan fingerprint density at radius 3 is 2.72 bits per heavy atom. The second-order valence-corrected chi connectivity index (χ2v) is 6.67. The van der Waals surface area contributed by atoms with Crippen molar-refractivity contribution in [1.29, 1.82) is 0 Å². The molecule has 0 saturated carbocycles. The van der Waals surface area contributed by atoms with E-state index >= 15 is 0 Å². The summed E-state index contributed by atoms with van der Waals surface area (Å²) >= 11 is 5.94. The lowest BCUT2D eigenvalue weighted by Gasteiger charge is -2.14. The van der Waals surface area contributed by atoms with Crippen LogP contribution in [0.25, 0.3) is 0 Å². The molecular weight excluding hydrogens is 396 g/mol. The minimum Gasteiger partial charge on any atom is -0.497 e. The van der Waals surface area contributed by atoms with Gasteiger partial charge in [-0.15, -0.1) is 0 Å². The Labute approximate surface area is 173 Å². The zero-order valence-corrected chi connectivity index (χ0v) is 17.0. The molecule has 1 heterocycles. The highest BCUT2D eigenvalue weighted by molar-refractivity contribution is 6.30. The Hall–Kier alpha value is -3.19. The van der Waals surface area contributed by atoms with Crippen LogP contribution in [0.3, 0.4) is 0 Å². The number of hydrogen-bond donors (Lipinski definition) is 1. The van der Waals surface area contributed by atoms with Crippen molar-refractivity contribution in [3.8, 4) is 17.2 Å². The normalized spacial score (nSPS) is 11.6. The minimum atomic E-state index is -0.348. The van der Waals surface area contributed by atoms with Crippen LogP contribution in [0.4, 0.5) is 0 Å². The van der Waals surface area contributed by atoms with Crippen molar-refractivity contribution in [1.82, 2.24) is 10.5 Å². The molecular formula is C21H21ClN2O5. The van der Waals surface area contributed by atoms with E-state index in [0.29, 0.717) is 22.3 Å². The van der Waals surface area contributed by atoms with Crippen LogP contribution in [0.5, 0.6) is 17.2 Å². The Balaban J connectivity index is 1.61. The highest BCUT2D eigenvalue weighted by atomic mass is 35.5. The maximum atomic E-state index is 12.5. The van der Waals surface area contributed by atoms with Crippen LogP contribution in [0.1, 0.15) is 34.8 Å². The zero-order valence-electron chi connectivity index (χ0n) is 16.3. The van der Waals surface area contributed by atoms with E-state index in [2.05, 4.69) is 10.5 Å². The van der Waals surface area contributed by atoms with E-state index < -0.39 is 0 Å². The molecule has 0 aliphatic heterocycles. The highest BCUT2D eigenvalue weighted by Gasteiger charge is 2.17. The molecule has 0 radical (unpaired) electrons. The lowest BCUT2D eigenvalue weighted by atomic mass is 10.1. The van der Waals surface area contributed by atoms with Crippen LogP contribution in [0.15, 0.2) is 53.1 Å². The third-order valence-corrected chi connectivity index (χ3v) is 4.46. The molecule has 0 fully saturated rings. The third-order valence-electron chi connectivity index (χ3n) is 4.23. The molecule has 0 spiro atoms. The van der Waals surface area contributed by atoms with Gasteiger partial charge in [0.15, 0.2) is 23.0 Å². The zero-order chi connectivity index (χ0) is 20.8. The quantitative estimate of drug-likeness (QED) is 0.585. The second-order valence-electron chi connectivity index (χ2n) is 6.23. The van der Waals surface area contributed by atoms with Gasteiger partial charge in [0.25, 0.3) is 5.91 Å². The van der Waals surface area contributed by atoms with E-state index in [-0.39, 0.29) is 24.2 Å². The molecule has 2 aromatic carbocycles. The summed E-state index contributed by atoms with van der Waals surface area (Å²) in [5.74, 6) is 1.79. The van der Waals surface area contributed by atoms with Crippen LogP contribution in [0, 0.1) is 0 Å². The molecule has 1 aromatic heterocycles. The van der Waals surface area contributed by atoms with E-state index in [9.17, 15) is 4.79 Å². The molecule has 0 aliphatic rings. The average molecular weight is 417 g/mol. The minimum absolute atomic E-state index is 0.0870. The summed E-state index contributed by atoms with van der Waals surface area (Å²) in [4.78, 5) is 12.5. The summed E-state index contributed by atoms with van der Waals surface area (Å²) in [6.07, 6.45) is 0. The molecule has 0 unspecified atom stereocenters. The highest BCUT2D eigenvalue weighted by Crippen LogP contribution is 2.30. The number of aromatic nitrogens is 1. The molecule has 152 valence electrons. The maximum Gasteiger partial charge on any atom is 0.273 e. The maximum absolute atomic E-state index is 12.5. The molecule has 1 amide bonds. The van der Waals surface area contributed by atoms with Crippen LogP contribution in [-0.4, -0.2) is 25.3 Å². The standard InChI is InChI=1S/C21H21ClN2O5/c1-13(14-5-4-6-16(9-14)26-2)23-21(25)18-11-17(29-24-18)12-28-19-8-7-15(22)10-20(19)27-3/h4-11,13H,12H2,1-3H3,(H,23,25)/t13-/m1/s1. The Kier molecular flexibility index (Phi) is 6.61. The Morgan fingerprint density at radius 2 is 1.97 bits per heavy atom. The van der Waals surface area contributed by atoms with E-state index in [1.54, 1.807) is 25.3 Å². The van der Waals surface area contributed by atoms with Crippen LogP contribution in [-0.2, 0) is 6.61 Å². The van der Waals surface area contributed by atoms with Gasteiger partial charge in [-0.25, -0.2) is 0 Å². The van der Waals surface area contributed by atoms with Gasteiger partial charge < -0.3 is 24.1 Å². The molecule has 1 atom stereocenters. The molecule has 0 aliphatic carbocycles. The largest absolute Gasteiger partial charge is 0.497 e. The first-order chi connectivity index (χ1) is 14.0. The van der Waals surface area contributed by atoms with Gasteiger partial charge in [0.05, 0.1) is 20.3 Å². The lowest BCUT2D eigenvalue weighted by molar-refractivity contribution is 0.0930. The molecule has 8 heteroatoms. The molecule has 3 aromatic rings. The first kappa shape index (κ1) is 20.5.